The van der Waals surface area contributed by atoms with Crippen molar-refractivity contribution < 1.29 is 18.0 Å². The van der Waals surface area contributed by atoms with Gasteiger partial charge in [-0.15, -0.1) is 0 Å². The van der Waals surface area contributed by atoms with E-state index in [9.17, 15) is 18.0 Å². The molecule has 1 aromatic heterocycles. The molecule has 0 radical (unpaired) electrons. The van der Waals surface area contributed by atoms with Crippen LogP contribution in [0.1, 0.15) is 44.7 Å². The molecule has 1 atom stereocenters. The lowest BCUT2D eigenvalue weighted by atomic mass is 10.0. The maximum Gasteiger partial charge on any atom is 0.283 e. The summed E-state index contributed by atoms with van der Waals surface area (Å²) in [7, 11) is -1.79. The summed E-state index contributed by atoms with van der Waals surface area (Å²) in [5.41, 5.74) is 3.37. The molecule has 2 aliphatic rings. The van der Waals surface area contributed by atoms with Crippen molar-refractivity contribution in [3.63, 3.8) is 0 Å². The molecular formula is C30H30N4O4S. The highest BCUT2D eigenvalue weighted by molar-refractivity contribution is 7.90. The Morgan fingerprint density at radius 1 is 0.974 bits per heavy atom. The highest BCUT2D eigenvalue weighted by atomic mass is 32.2. The molecule has 200 valence electrons. The third kappa shape index (κ3) is 4.77. The van der Waals surface area contributed by atoms with Crippen LogP contribution in [0, 0.1) is 12.8 Å². The van der Waals surface area contributed by atoms with Gasteiger partial charge in [0.1, 0.15) is 0 Å². The van der Waals surface area contributed by atoms with E-state index in [1.54, 1.807) is 60.8 Å². The normalized spacial score (nSPS) is 16.3. The molecule has 2 heterocycles. The number of carbonyl (C=O) groups is 2. The third-order valence-corrected chi connectivity index (χ3v) is 9.37. The average Bonchev–Trinajstić information content (AvgIpc) is 3.58. The molecule has 2 amide bonds. The van der Waals surface area contributed by atoms with Crippen molar-refractivity contribution in [2.24, 2.45) is 5.92 Å². The molecular weight excluding hydrogens is 512 g/mol. The smallest absolute Gasteiger partial charge is 0.283 e. The lowest BCUT2D eigenvalue weighted by molar-refractivity contribution is 0.0599. The molecule has 1 saturated carbocycles. The summed E-state index contributed by atoms with van der Waals surface area (Å²) in [4.78, 5) is 30.0. The number of aromatic nitrogens is 2. The number of likely N-dealkylation sites (N-methyl/N-ethyl adjacent to an activating group) is 1. The largest absolute Gasteiger partial charge is 0.301 e. The Morgan fingerprint density at radius 2 is 1.64 bits per heavy atom. The minimum Gasteiger partial charge on any atom is -0.301 e. The van der Waals surface area contributed by atoms with E-state index in [2.05, 4.69) is 10.00 Å². The number of amides is 2. The summed E-state index contributed by atoms with van der Waals surface area (Å²) in [6.45, 7) is 3.10. The molecule has 1 fully saturated rings. The van der Waals surface area contributed by atoms with E-state index in [4.69, 9.17) is 0 Å². The van der Waals surface area contributed by atoms with Gasteiger partial charge in [0.05, 0.1) is 27.7 Å². The molecule has 0 spiro atoms. The van der Waals surface area contributed by atoms with Crippen molar-refractivity contribution in [2.75, 3.05) is 20.1 Å². The van der Waals surface area contributed by atoms with Crippen molar-refractivity contribution in [1.82, 2.24) is 19.0 Å². The summed E-state index contributed by atoms with van der Waals surface area (Å²) in [6.07, 6.45) is 4.56. The first-order chi connectivity index (χ1) is 18.7. The number of fused-ring (bicyclic) bond motifs is 2. The zero-order valence-electron chi connectivity index (χ0n) is 21.9. The Hall–Kier alpha value is -3.82. The molecule has 9 heteroatoms. The number of rotatable bonds is 9. The zero-order chi connectivity index (χ0) is 27.3. The van der Waals surface area contributed by atoms with Crippen LogP contribution in [0.5, 0.6) is 0 Å². The van der Waals surface area contributed by atoms with Gasteiger partial charge in [0.15, 0.2) is 0 Å². The fraction of sp³-hybridized carbons (Fsp3) is 0.300. The Morgan fingerprint density at radius 3 is 2.28 bits per heavy atom. The van der Waals surface area contributed by atoms with Crippen LogP contribution in [0.15, 0.2) is 77.8 Å². The molecule has 39 heavy (non-hydrogen) atoms. The summed E-state index contributed by atoms with van der Waals surface area (Å²) in [6, 6.07) is 19.2. The summed E-state index contributed by atoms with van der Waals surface area (Å²) < 4.78 is 27.6. The van der Waals surface area contributed by atoms with Crippen molar-refractivity contribution in [3.05, 3.63) is 95.2 Å². The van der Waals surface area contributed by atoms with E-state index < -0.39 is 10.0 Å². The molecule has 1 unspecified atom stereocenters. The maximum absolute atomic E-state index is 13.3. The van der Waals surface area contributed by atoms with E-state index in [1.807, 2.05) is 26.1 Å². The van der Waals surface area contributed by atoms with E-state index in [0.29, 0.717) is 34.4 Å². The minimum absolute atomic E-state index is 0.0865. The van der Waals surface area contributed by atoms with Crippen LogP contribution in [0.4, 0.5) is 0 Å². The van der Waals surface area contributed by atoms with Crippen LogP contribution in [0.2, 0.25) is 0 Å². The maximum atomic E-state index is 13.3. The van der Waals surface area contributed by atoms with Crippen molar-refractivity contribution >= 4 is 32.7 Å². The number of imide groups is 1. The number of hydrogen-bond acceptors (Lipinski definition) is 6. The summed E-state index contributed by atoms with van der Waals surface area (Å²) in [5, 5.41) is 4.93. The lowest BCUT2D eigenvalue weighted by Gasteiger charge is -2.31. The fourth-order valence-corrected chi connectivity index (χ4v) is 6.57. The Labute approximate surface area is 227 Å². The van der Waals surface area contributed by atoms with Crippen LogP contribution in [0.3, 0.4) is 0 Å². The van der Waals surface area contributed by atoms with Gasteiger partial charge in [0.25, 0.3) is 21.8 Å². The predicted molar refractivity (Wildman–Crippen MR) is 148 cm³/mol. The van der Waals surface area contributed by atoms with Crippen LogP contribution in [-0.4, -0.2) is 65.4 Å². The summed E-state index contributed by atoms with van der Waals surface area (Å²) >= 11 is 0. The molecule has 3 aromatic carbocycles. The van der Waals surface area contributed by atoms with Crippen LogP contribution in [-0.2, 0) is 16.4 Å². The molecule has 8 nitrogen and oxygen atoms in total. The third-order valence-electron chi connectivity index (χ3n) is 7.76. The van der Waals surface area contributed by atoms with Gasteiger partial charge >= 0.3 is 0 Å². The second-order valence-corrected chi connectivity index (χ2v) is 12.5. The second kappa shape index (κ2) is 9.73. The molecule has 4 aromatic rings. The Bertz CT molecular complexity index is 1650. The van der Waals surface area contributed by atoms with Gasteiger partial charge in [-0.25, -0.2) is 0 Å². The molecule has 0 bridgehead atoms. The lowest BCUT2D eigenvalue weighted by Crippen LogP contribution is -2.46. The average molecular weight is 543 g/mol. The van der Waals surface area contributed by atoms with Gasteiger partial charge in [-0.2, -0.15) is 17.6 Å². The van der Waals surface area contributed by atoms with Crippen LogP contribution in [0.25, 0.3) is 10.9 Å². The first-order valence-electron chi connectivity index (χ1n) is 13.2. The van der Waals surface area contributed by atoms with Gasteiger partial charge < -0.3 is 4.90 Å². The highest BCUT2D eigenvalue weighted by Gasteiger charge is 2.37. The topological polar surface area (TPSA) is 92.6 Å². The zero-order valence-corrected chi connectivity index (χ0v) is 22.8. The molecule has 0 saturated heterocycles. The first kappa shape index (κ1) is 25.5. The van der Waals surface area contributed by atoms with Crippen molar-refractivity contribution in [1.29, 1.82) is 0 Å². The van der Waals surface area contributed by atoms with Gasteiger partial charge in [-0.05, 0) is 81.1 Å². The number of hydrogen-bond donors (Lipinski definition) is 0. The molecule has 1 aliphatic heterocycles. The van der Waals surface area contributed by atoms with Crippen molar-refractivity contribution in [2.45, 2.75) is 37.1 Å². The first-order valence-corrected chi connectivity index (χ1v) is 14.6. The van der Waals surface area contributed by atoms with Gasteiger partial charge in [-0.1, -0.05) is 35.9 Å². The fourth-order valence-electron chi connectivity index (χ4n) is 5.29. The highest BCUT2D eigenvalue weighted by Crippen LogP contribution is 2.31. The van der Waals surface area contributed by atoms with Gasteiger partial charge in [0, 0.05) is 24.5 Å². The van der Waals surface area contributed by atoms with E-state index in [-0.39, 0.29) is 29.3 Å². The van der Waals surface area contributed by atoms with E-state index >= 15 is 0 Å². The quantitative estimate of drug-likeness (QED) is 0.295. The number of aryl methyl sites for hydroxylation is 1. The monoisotopic (exact) mass is 542 g/mol. The Balaban J connectivity index is 1.27. The van der Waals surface area contributed by atoms with Crippen LogP contribution >= 0.6 is 0 Å². The number of nitrogens with zero attached hydrogens (tertiary/aromatic N) is 4. The van der Waals surface area contributed by atoms with Crippen molar-refractivity contribution in [3.8, 4) is 0 Å². The van der Waals surface area contributed by atoms with Gasteiger partial charge in [-0.3, -0.25) is 14.5 Å². The minimum atomic E-state index is -3.83. The number of carbonyl (C=O) groups excluding carboxylic acids is 2. The standard InChI is InChI=1S/C30H30N4O4S/c1-20-7-12-25(13-8-20)39(37,38)34-28-14-11-22(15-23(28)17-31-34)16-24(32(2)18-21-9-10-21)19-33-29(35)26-5-3-4-6-27(26)30(33)36/h3-8,11-15,17,21,24H,9-10,16,18-19H2,1-2H3. The molecule has 0 N–H and O–H groups in total. The van der Waals surface area contributed by atoms with E-state index in [0.717, 1.165) is 21.8 Å². The molecule has 6 rings (SSSR count). The summed E-state index contributed by atoms with van der Waals surface area (Å²) in [5.74, 6) is 0.143. The van der Waals surface area contributed by atoms with Gasteiger partial charge in [0.2, 0.25) is 0 Å². The Kier molecular flexibility index (Phi) is 6.35. The number of benzene rings is 3. The second-order valence-electron chi connectivity index (χ2n) is 10.7. The van der Waals surface area contributed by atoms with E-state index in [1.165, 1.54) is 17.7 Å². The SMILES string of the molecule is Cc1ccc(S(=O)(=O)n2ncc3cc(CC(CN4C(=O)c5ccccc5C4=O)N(C)CC4CC4)ccc32)cc1. The predicted octanol–water partition coefficient (Wildman–Crippen LogP) is 4.13. The molecule has 1 aliphatic carbocycles. The van der Waals surface area contributed by atoms with Crippen LogP contribution < -0.4 is 0 Å².